The highest BCUT2D eigenvalue weighted by Gasteiger charge is 2.01. The largest absolute Gasteiger partial charge is 0.303 e. The van der Waals surface area contributed by atoms with Gasteiger partial charge in [-0.3, -0.25) is 0 Å². The zero-order chi connectivity index (χ0) is 8.53. The van der Waals surface area contributed by atoms with E-state index in [0.717, 1.165) is 32.0 Å². The van der Waals surface area contributed by atoms with Gasteiger partial charge in [0, 0.05) is 5.92 Å². The maximum Gasteiger partial charge on any atom is 0.123 e. The normalized spacial score (nSPS) is 13.6. The van der Waals surface area contributed by atoms with E-state index in [-0.39, 0.29) is 0 Å². The monoisotopic (exact) mass is 154 g/mol. The maximum absolute atomic E-state index is 10.4. The fourth-order valence-corrected chi connectivity index (χ4v) is 1.03. The summed E-state index contributed by atoms with van der Waals surface area (Å²) in [6.07, 6.45) is 9.57. The van der Waals surface area contributed by atoms with E-state index in [2.05, 4.69) is 19.1 Å². The van der Waals surface area contributed by atoms with Crippen LogP contribution >= 0.6 is 0 Å². The highest BCUT2D eigenvalue weighted by atomic mass is 16.1. The topological polar surface area (TPSA) is 17.1 Å². The van der Waals surface area contributed by atoms with Crippen LogP contribution in [0, 0.1) is 5.92 Å². The van der Waals surface area contributed by atoms with Crippen molar-refractivity contribution >= 4 is 6.29 Å². The van der Waals surface area contributed by atoms with E-state index in [1.807, 2.05) is 6.92 Å². The van der Waals surface area contributed by atoms with Crippen LogP contribution in [-0.2, 0) is 4.79 Å². The highest BCUT2D eigenvalue weighted by molar-refractivity contribution is 5.53. The fourth-order valence-electron chi connectivity index (χ4n) is 1.03. The summed E-state index contributed by atoms with van der Waals surface area (Å²) in [6.45, 7) is 4.09. The average Bonchev–Trinajstić information content (AvgIpc) is 2.05. The molecule has 0 radical (unpaired) electrons. The first-order chi connectivity index (χ1) is 5.35. The molecule has 0 rings (SSSR count). The Labute approximate surface area is 69.5 Å². The van der Waals surface area contributed by atoms with Crippen molar-refractivity contribution in [2.45, 2.75) is 39.5 Å². The predicted molar refractivity (Wildman–Crippen MR) is 48.5 cm³/mol. The molecule has 0 amide bonds. The first kappa shape index (κ1) is 10.4. The van der Waals surface area contributed by atoms with E-state index in [9.17, 15) is 4.79 Å². The van der Waals surface area contributed by atoms with Crippen molar-refractivity contribution in [2.24, 2.45) is 5.92 Å². The summed E-state index contributed by atoms with van der Waals surface area (Å²) in [5.41, 5.74) is 0. The Morgan fingerprint density at radius 2 is 2.18 bits per heavy atom. The quantitative estimate of drug-likeness (QED) is 0.326. The lowest BCUT2D eigenvalue weighted by molar-refractivity contribution is -0.111. The molecule has 1 heteroatoms. The predicted octanol–water partition coefficient (Wildman–Crippen LogP) is 2.96. The summed E-state index contributed by atoms with van der Waals surface area (Å²) in [7, 11) is 0. The molecule has 64 valence electrons. The van der Waals surface area contributed by atoms with Crippen molar-refractivity contribution in [2.75, 3.05) is 0 Å². The summed E-state index contributed by atoms with van der Waals surface area (Å²) in [4.78, 5) is 10.4. The fraction of sp³-hybridized carbons (Fsp3) is 0.700. The Bertz CT molecular complexity index is 116. The number of rotatable bonds is 6. The molecule has 0 aromatic rings. The number of carbonyl (C=O) groups excluding carboxylic acids is 1. The Morgan fingerprint density at radius 1 is 1.45 bits per heavy atom. The third-order valence-corrected chi connectivity index (χ3v) is 1.90. The summed E-state index contributed by atoms with van der Waals surface area (Å²) in [5, 5.41) is 0. The SMILES string of the molecule is CC=CCCCC(C=O)CC. The molecule has 0 aromatic carbocycles. The molecule has 0 N–H and O–H groups in total. The van der Waals surface area contributed by atoms with Gasteiger partial charge in [0.25, 0.3) is 0 Å². The third-order valence-electron chi connectivity index (χ3n) is 1.90. The van der Waals surface area contributed by atoms with Gasteiger partial charge in [-0.25, -0.2) is 0 Å². The number of allylic oxidation sites excluding steroid dienone is 2. The van der Waals surface area contributed by atoms with Gasteiger partial charge in [-0.05, 0) is 32.6 Å². The molecule has 11 heavy (non-hydrogen) atoms. The zero-order valence-corrected chi connectivity index (χ0v) is 7.55. The lowest BCUT2D eigenvalue weighted by atomic mass is 10.0. The molecular formula is C10H18O. The zero-order valence-electron chi connectivity index (χ0n) is 7.55. The summed E-state index contributed by atoms with van der Waals surface area (Å²) >= 11 is 0. The average molecular weight is 154 g/mol. The Morgan fingerprint density at radius 3 is 2.64 bits per heavy atom. The van der Waals surface area contributed by atoms with Gasteiger partial charge >= 0.3 is 0 Å². The highest BCUT2D eigenvalue weighted by Crippen LogP contribution is 2.09. The van der Waals surface area contributed by atoms with Crippen LogP contribution in [0.4, 0.5) is 0 Å². The molecule has 0 aliphatic carbocycles. The van der Waals surface area contributed by atoms with Crippen molar-refractivity contribution in [3.63, 3.8) is 0 Å². The van der Waals surface area contributed by atoms with E-state index < -0.39 is 0 Å². The van der Waals surface area contributed by atoms with E-state index in [1.54, 1.807) is 0 Å². The Kier molecular flexibility index (Phi) is 7.11. The molecule has 0 spiro atoms. The van der Waals surface area contributed by atoms with Gasteiger partial charge in [-0.1, -0.05) is 19.1 Å². The van der Waals surface area contributed by atoms with E-state index in [0.29, 0.717) is 5.92 Å². The second kappa shape index (κ2) is 7.52. The molecule has 0 saturated carbocycles. The van der Waals surface area contributed by atoms with Gasteiger partial charge in [0.2, 0.25) is 0 Å². The molecule has 1 nitrogen and oxygen atoms in total. The summed E-state index contributed by atoms with van der Waals surface area (Å²) < 4.78 is 0. The number of aldehydes is 1. The van der Waals surface area contributed by atoms with Crippen LogP contribution in [0.5, 0.6) is 0 Å². The minimum absolute atomic E-state index is 0.292. The van der Waals surface area contributed by atoms with Crippen LogP contribution in [0.3, 0.4) is 0 Å². The van der Waals surface area contributed by atoms with Crippen LogP contribution in [0.2, 0.25) is 0 Å². The van der Waals surface area contributed by atoms with E-state index in [4.69, 9.17) is 0 Å². The number of hydrogen-bond acceptors (Lipinski definition) is 1. The third kappa shape index (κ3) is 5.84. The molecule has 0 aliphatic heterocycles. The number of carbonyl (C=O) groups is 1. The molecule has 0 aliphatic rings. The molecular weight excluding hydrogens is 136 g/mol. The van der Waals surface area contributed by atoms with Crippen LogP contribution < -0.4 is 0 Å². The standard InChI is InChI=1S/C10H18O/c1-3-5-6-7-8-10(4-2)9-11/h3,5,9-10H,4,6-8H2,1-2H3. The van der Waals surface area contributed by atoms with Gasteiger partial charge in [-0.2, -0.15) is 0 Å². The second-order valence-corrected chi connectivity index (χ2v) is 2.80. The van der Waals surface area contributed by atoms with Gasteiger partial charge < -0.3 is 4.79 Å². The molecule has 1 atom stereocenters. The Balaban J connectivity index is 3.28. The minimum Gasteiger partial charge on any atom is -0.303 e. The van der Waals surface area contributed by atoms with Gasteiger partial charge in [-0.15, -0.1) is 0 Å². The van der Waals surface area contributed by atoms with Crippen molar-refractivity contribution in [1.82, 2.24) is 0 Å². The molecule has 0 bridgehead atoms. The van der Waals surface area contributed by atoms with Gasteiger partial charge in [0.05, 0.1) is 0 Å². The second-order valence-electron chi connectivity index (χ2n) is 2.80. The molecule has 0 fully saturated rings. The van der Waals surface area contributed by atoms with Crippen LogP contribution in [-0.4, -0.2) is 6.29 Å². The summed E-state index contributed by atoms with van der Waals surface area (Å²) in [6, 6.07) is 0. The number of hydrogen-bond donors (Lipinski definition) is 0. The summed E-state index contributed by atoms with van der Waals surface area (Å²) in [5.74, 6) is 0.292. The van der Waals surface area contributed by atoms with Crippen LogP contribution in [0.15, 0.2) is 12.2 Å². The lowest BCUT2D eigenvalue weighted by Gasteiger charge is -2.03. The number of unbranched alkanes of at least 4 members (excludes halogenated alkanes) is 1. The van der Waals surface area contributed by atoms with Gasteiger partial charge in [0.15, 0.2) is 0 Å². The van der Waals surface area contributed by atoms with Crippen molar-refractivity contribution in [1.29, 1.82) is 0 Å². The molecule has 0 aromatic heterocycles. The van der Waals surface area contributed by atoms with Crippen molar-refractivity contribution in [3.05, 3.63) is 12.2 Å². The molecule has 1 unspecified atom stereocenters. The smallest absolute Gasteiger partial charge is 0.123 e. The van der Waals surface area contributed by atoms with E-state index >= 15 is 0 Å². The van der Waals surface area contributed by atoms with Crippen molar-refractivity contribution in [3.8, 4) is 0 Å². The van der Waals surface area contributed by atoms with Crippen LogP contribution in [0.25, 0.3) is 0 Å². The molecule has 0 heterocycles. The van der Waals surface area contributed by atoms with Crippen molar-refractivity contribution < 1.29 is 4.79 Å². The van der Waals surface area contributed by atoms with Crippen LogP contribution in [0.1, 0.15) is 39.5 Å². The first-order valence-electron chi connectivity index (χ1n) is 4.41. The minimum atomic E-state index is 0.292. The van der Waals surface area contributed by atoms with E-state index in [1.165, 1.54) is 0 Å². The molecule has 0 saturated heterocycles. The maximum atomic E-state index is 10.4. The Hall–Kier alpha value is -0.590. The first-order valence-corrected chi connectivity index (χ1v) is 4.41. The lowest BCUT2D eigenvalue weighted by Crippen LogP contribution is -1.98. The van der Waals surface area contributed by atoms with Gasteiger partial charge in [0.1, 0.15) is 6.29 Å².